The van der Waals surface area contributed by atoms with Crippen molar-refractivity contribution in [2.24, 2.45) is 5.92 Å². The van der Waals surface area contributed by atoms with Crippen LogP contribution in [0.4, 0.5) is 0 Å². The molecule has 2 aliphatic heterocycles. The summed E-state index contributed by atoms with van der Waals surface area (Å²) in [6, 6.07) is 8.71. The highest BCUT2D eigenvalue weighted by molar-refractivity contribution is 7.89. The molecule has 122 valence electrons. The largest absolute Gasteiger partial charge is 0.296 e. The van der Waals surface area contributed by atoms with Gasteiger partial charge in [-0.3, -0.25) is 4.90 Å². The molecule has 0 saturated carbocycles. The number of hydrogen-bond donors (Lipinski definition) is 1. The van der Waals surface area contributed by atoms with Gasteiger partial charge in [-0.2, -0.15) is 0 Å². The average molecular weight is 322 g/mol. The summed E-state index contributed by atoms with van der Waals surface area (Å²) >= 11 is 0. The molecule has 0 unspecified atom stereocenters. The van der Waals surface area contributed by atoms with Gasteiger partial charge >= 0.3 is 0 Å². The number of rotatable bonds is 5. The van der Waals surface area contributed by atoms with Crippen molar-refractivity contribution in [3.05, 3.63) is 30.3 Å². The summed E-state index contributed by atoms with van der Waals surface area (Å²) < 4.78 is 27.9. The van der Waals surface area contributed by atoms with Gasteiger partial charge in [0.2, 0.25) is 10.0 Å². The first-order valence-electron chi connectivity index (χ1n) is 8.24. The Kier molecular flexibility index (Phi) is 4.32. The minimum absolute atomic E-state index is 0.0317. The quantitative estimate of drug-likeness (QED) is 0.906. The van der Waals surface area contributed by atoms with Crippen LogP contribution in [0.3, 0.4) is 0 Å². The zero-order valence-corrected chi connectivity index (χ0v) is 14.3. The lowest BCUT2D eigenvalue weighted by Gasteiger charge is -2.33. The fourth-order valence-corrected chi connectivity index (χ4v) is 5.59. The molecule has 0 aromatic heterocycles. The zero-order chi connectivity index (χ0) is 15.8. The number of sulfonamides is 1. The van der Waals surface area contributed by atoms with E-state index in [0.717, 1.165) is 25.9 Å². The average Bonchev–Trinajstić information content (AvgIpc) is 2.94. The Morgan fingerprint density at radius 1 is 1.32 bits per heavy atom. The van der Waals surface area contributed by atoms with Crippen LogP contribution in [0.25, 0.3) is 0 Å². The van der Waals surface area contributed by atoms with Gasteiger partial charge in [0.05, 0.1) is 4.90 Å². The number of hydrogen-bond acceptors (Lipinski definition) is 3. The summed E-state index contributed by atoms with van der Waals surface area (Å²) in [6.07, 6.45) is 4.55. The second kappa shape index (κ2) is 5.95. The lowest BCUT2D eigenvalue weighted by molar-refractivity contribution is 0.163. The molecule has 0 amide bonds. The molecule has 22 heavy (non-hydrogen) atoms. The highest BCUT2D eigenvalue weighted by Gasteiger charge is 2.48. The predicted molar refractivity (Wildman–Crippen MR) is 88.2 cm³/mol. The van der Waals surface area contributed by atoms with Gasteiger partial charge in [-0.25, -0.2) is 13.1 Å². The van der Waals surface area contributed by atoms with Crippen LogP contribution in [0.2, 0.25) is 0 Å². The fourth-order valence-electron chi connectivity index (χ4n) is 4.34. The third-order valence-electron chi connectivity index (χ3n) is 4.97. The second-order valence-electron chi connectivity index (χ2n) is 7.21. The highest BCUT2D eigenvalue weighted by Crippen LogP contribution is 2.43. The van der Waals surface area contributed by atoms with Crippen molar-refractivity contribution in [3.63, 3.8) is 0 Å². The van der Waals surface area contributed by atoms with E-state index in [-0.39, 0.29) is 11.6 Å². The number of nitrogens with zero attached hydrogens (tertiary/aromatic N) is 1. The second-order valence-corrected chi connectivity index (χ2v) is 8.92. The lowest BCUT2D eigenvalue weighted by atomic mass is 9.84. The maximum Gasteiger partial charge on any atom is 0.240 e. The maximum atomic E-state index is 12.5. The molecule has 2 saturated heterocycles. The van der Waals surface area contributed by atoms with Crippen LogP contribution < -0.4 is 4.72 Å². The van der Waals surface area contributed by atoms with Crippen LogP contribution in [0.1, 0.15) is 39.5 Å². The maximum absolute atomic E-state index is 12.5. The van der Waals surface area contributed by atoms with Gasteiger partial charge in [0.15, 0.2) is 0 Å². The van der Waals surface area contributed by atoms with Gasteiger partial charge in [-0.05, 0) is 50.3 Å². The van der Waals surface area contributed by atoms with Crippen molar-refractivity contribution in [2.45, 2.75) is 56.0 Å². The van der Waals surface area contributed by atoms with Crippen LogP contribution in [0, 0.1) is 5.92 Å². The Morgan fingerprint density at radius 3 is 2.73 bits per heavy atom. The van der Waals surface area contributed by atoms with Crippen LogP contribution in [0.15, 0.2) is 35.2 Å². The van der Waals surface area contributed by atoms with Gasteiger partial charge in [-0.15, -0.1) is 0 Å². The number of fused-ring (bicyclic) bond motifs is 1. The molecule has 0 radical (unpaired) electrons. The van der Waals surface area contributed by atoms with E-state index < -0.39 is 10.0 Å². The molecule has 2 atom stereocenters. The molecule has 0 bridgehead atoms. The molecule has 2 aliphatic rings. The van der Waals surface area contributed by atoms with Crippen LogP contribution >= 0.6 is 0 Å². The summed E-state index contributed by atoms with van der Waals surface area (Å²) in [7, 11) is -3.41. The van der Waals surface area contributed by atoms with E-state index >= 15 is 0 Å². The molecule has 2 fully saturated rings. The van der Waals surface area contributed by atoms with E-state index in [1.54, 1.807) is 24.3 Å². The van der Waals surface area contributed by atoms with Gasteiger partial charge in [0.1, 0.15) is 0 Å². The molecule has 0 aliphatic carbocycles. The lowest BCUT2D eigenvalue weighted by Crippen LogP contribution is -2.39. The fraction of sp³-hybridized carbons (Fsp3) is 0.647. The number of benzene rings is 1. The molecule has 1 aromatic carbocycles. The van der Waals surface area contributed by atoms with Crippen molar-refractivity contribution in [1.29, 1.82) is 0 Å². The van der Waals surface area contributed by atoms with Crippen molar-refractivity contribution in [2.75, 3.05) is 13.1 Å². The van der Waals surface area contributed by atoms with E-state index in [1.165, 1.54) is 12.8 Å². The van der Waals surface area contributed by atoms with E-state index in [0.29, 0.717) is 10.8 Å². The first-order valence-corrected chi connectivity index (χ1v) is 9.72. The van der Waals surface area contributed by atoms with Gasteiger partial charge in [0.25, 0.3) is 0 Å². The van der Waals surface area contributed by atoms with Crippen LogP contribution in [-0.2, 0) is 10.0 Å². The summed E-state index contributed by atoms with van der Waals surface area (Å²) in [5.74, 6) is 0.644. The third-order valence-corrected chi connectivity index (χ3v) is 6.51. The summed E-state index contributed by atoms with van der Waals surface area (Å²) in [6.45, 7) is 6.47. The standard InChI is InChI=1S/C17H26N2O2S/c1-14(2)11-17-9-6-10-19(17)13-15(12-17)18-22(20,21)16-7-4-3-5-8-16/h3-5,7-8,14-15,18H,6,9-13H2,1-2H3/t15-,17-/m1/s1. The first kappa shape index (κ1) is 16.0. The van der Waals surface area contributed by atoms with Crippen molar-refractivity contribution in [1.82, 2.24) is 9.62 Å². The Hall–Kier alpha value is -0.910. The molecule has 0 spiro atoms. The Morgan fingerprint density at radius 2 is 2.05 bits per heavy atom. The van der Waals surface area contributed by atoms with Crippen molar-refractivity contribution < 1.29 is 8.42 Å². The smallest absolute Gasteiger partial charge is 0.240 e. The normalized spacial score (nSPS) is 29.1. The minimum Gasteiger partial charge on any atom is -0.296 e. The monoisotopic (exact) mass is 322 g/mol. The summed E-state index contributed by atoms with van der Waals surface area (Å²) in [4.78, 5) is 2.88. The molecule has 1 N–H and O–H groups in total. The zero-order valence-electron chi connectivity index (χ0n) is 13.5. The van der Waals surface area contributed by atoms with E-state index in [2.05, 4.69) is 23.5 Å². The molecule has 2 heterocycles. The Balaban J connectivity index is 1.73. The Bertz CT molecular complexity index is 615. The first-order chi connectivity index (χ1) is 10.4. The van der Waals surface area contributed by atoms with Gasteiger partial charge < -0.3 is 0 Å². The van der Waals surface area contributed by atoms with E-state index in [1.807, 2.05) is 6.07 Å². The number of nitrogens with one attached hydrogen (secondary N) is 1. The highest BCUT2D eigenvalue weighted by atomic mass is 32.2. The van der Waals surface area contributed by atoms with Crippen LogP contribution in [0.5, 0.6) is 0 Å². The minimum atomic E-state index is -3.41. The molecule has 3 rings (SSSR count). The molecule has 5 heteroatoms. The third kappa shape index (κ3) is 3.07. The topological polar surface area (TPSA) is 49.4 Å². The van der Waals surface area contributed by atoms with E-state index in [4.69, 9.17) is 0 Å². The molecule has 1 aromatic rings. The summed E-state index contributed by atoms with van der Waals surface area (Å²) in [5, 5.41) is 0. The van der Waals surface area contributed by atoms with E-state index in [9.17, 15) is 8.42 Å². The van der Waals surface area contributed by atoms with Crippen molar-refractivity contribution in [3.8, 4) is 0 Å². The summed E-state index contributed by atoms with van der Waals surface area (Å²) in [5.41, 5.74) is 0.220. The van der Waals surface area contributed by atoms with Crippen LogP contribution in [-0.4, -0.2) is 38.0 Å². The Labute approximate surface area is 134 Å². The van der Waals surface area contributed by atoms with Gasteiger partial charge in [0, 0.05) is 18.1 Å². The van der Waals surface area contributed by atoms with Gasteiger partial charge in [-0.1, -0.05) is 32.0 Å². The molecule has 4 nitrogen and oxygen atoms in total. The molecular weight excluding hydrogens is 296 g/mol. The molecular formula is C17H26N2O2S. The van der Waals surface area contributed by atoms with Crippen molar-refractivity contribution >= 4 is 10.0 Å². The predicted octanol–water partition coefficient (Wildman–Crippen LogP) is 2.62. The SMILES string of the molecule is CC(C)C[C@@]12CCCN1C[C@H](NS(=O)(=O)c1ccccc1)C2.